The molecule has 0 aliphatic rings. The van der Waals surface area contributed by atoms with Gasteiger partial charge in [-0.2, -0.15) is 0 Å². The van der Waals surface area contributed by atoms with E-state index in [4.69, 9.17) is 9.97 Å². The first-order valence-electron chi connectivity index (χ1n) is 6.03. The molecule has 1 aromatic carbocycles. The van der Waals surface area contributed by atoms with Crippen LogP contribution < -0.4 is 0 Å². The Bertz CT molecular complexity index is 576. The van der Waals surface area contributed by atoms with Crippen LogP contribution >= 0.6 is 15.9 Å². The minimum atomic E-state index is 0.941. The SMILES string of the molecule is CCc1nc2cc(Br)c(C)c(C)c2nc1CC. The van der Waals surface area contributed by atoms with E-state index in [0.717, 1.165) is 39.7 Å². The van der Waals surface area contributed by atoms with Crippen molar-refractivity contribution in [3.05, 3.63) is 33.1 Å². The van der Waals surface area contributed by atoms with Crippen LogP contribution in [0.5, 0.6) is 0 Å². The Labute approximate surface area is 111 Å². The Morgan fingerprint density at radius 2 is 1.59 bits per heavy atom. The van der Waals surface area contributed by atoms with E-state index in [1.807, 2.05) is 0 Å². The average Bonchev–Trinajstić information content (AvgIpc) is 2.34. The van der Waals surface area contributed by atoms with Crippen LogP contribution in [0.2, 0.25) is 0 Å². The standard InChI is InChI=1S/C14H17BrN2/c1-5-11-12(6-2)17-14-9(4)8(3)10(15)7-13(14)16-11/h7H,5-6H2,1-4H3. The van der Waals surface area contributed by atoms with Gasteiger partial charge in [-0.05, 0) is 43.9 Å². The molecule has 0 bridgehead atoms. The highest BCUT2D eigenvalue weighted by Crippen LogP contribution is 2.27. The lowest BCUT2D eigenvalue weighted by Crippen LogP contribution is -2.02. The minimum Gasteiger partial charge on any atom is -0.249 e. The van der Waals surface area contributed by atoms with Crippen LogP contribution in [-0.2, 0) is 12.8 Å². The number of aromatic nitrogens is 2. The molecule has 0 saturated heterocycles. The van der Waals surface area contributed by atoms with E-state index < -0.39 is 0 Å². The number of fused-ring (bicyclic) bond motifs is 1. The fraction of sp³-hybridized carbons (Fsp3) is 0.429. The molecule has 0 fully saturated rings. The molecule has 0 amide bonds. The lowest BCUT2D eigenvalue weighted by Gasteiger charge is -2.11. The normalized spacial score (nSPS) is 11.1. The van der Waals surface area contributed by atoms with E-state index >= 15 is 0 Å². The highest BCUT2D eigenvalue weighted by atomic mass is 79.9. The Balaban J connectivity index is 2.83. The smallest absolute Gasteiger partial charge is 0.0922 e. The molecule has 0 unspecified atom stereocenters. The van der Waals surface area contributed by atoms with E-state index in [1.165, 1.54) is 11.1 Å². The maximum absolute atomic E-state index is 4.78. The van der Waals surface area contributed by atoms with Gasteiger partial charge >= 0.3 is 0 Å². The van der Waals surface area contributed by atoms with Gasteiger partial charge in [-0.1, -0.05) is 29.8 Å². The number of halogens is 1. The minimum absolute atomic E-state index is 0.941. The second-order valence-electron chi connectivity index (χ2n) is 4.30. The summed E-state index contributed by atoms with van der Waals surface area (Å²) in [6.07, 6.45) is 1.89. The third-order valence-electron chi connectivity index (χ3n) is 3.29. The van der Waals surface area contributed by atoms with Crippen LogP contribution in [0, 0.1) is 13.8 Å². The summed E-state index contributed by atoms with van der Waals surface area (Å²) in [6.45, 7) is 8.49. The summed E-state index contributed by atoms with van der Waals surface area (Å²) in [5, 5.41) is 0. The first kappa shape index (κ1) is 12.5. The maximum Gasteiger partial charge on any atom is 0.0922 e. The van der Waals surface area contributed by atoms with Gasteiger partial charge in [0, 0.05) is 4.47 Å². The quantitative estimate of drug-likeness (QED) is 0.832. The molecule has 0 aliphatic heterocycles. The summed E-state index contributed by atoms with van der Waals surface area (Å²) in [5.74, 6) is 0. The van der Waals surface area contributed by atoms with E-state index in [-0.39, 0.29) is 0 Å². The van der Waals surface area contributed by atoms with Crippen molar-refractivity contribution in [2.24, 2.45) is 0 Å². The molecular formula is C14H17BrN2. The van der Waals surface area contributed by atoms with Crippen molar-refractivity contribution in [1.82, 2.24) is 9.97 Å². The Hall–Kier alpha value is -0.960. The fourth-order valence-electron chi connectivity index (χ4n) is 2.05. The highest BCUT2D eigenvalue weighted by molar-refractivity contribution is 9.10. The maximum atomic E-state index is 4.78. The van der Waals surface area contributed by atoms with Gasteiger partial charge in [0.05, 0.1) is 22.4 Å². The van der Waals surface area contributed by atoms with E-state index in [1.54, 1.807) is 0 Å². The zero-order valence-corrected chi connectivity index (χ0v) is 12.3. The van der Waals surface area contributed by atoms with Crippen molar-refractivity contribution < 1.29 is 0 Å². The summed E-state index contributed by atoms with van der Waals surface area (Å²) in [6, 6.07) is 2.07. The van der Waals surface area contributed by atoms with Crippen molar-refractivity contribution in [2.75, 3.05) is 0 Å². The molecule has 2 aromatic rings. The molecule has 3 heteroatoms. The number of benzene rings is 1. The van der Waals surface area contributed by atoms with Crippen LogP contribution in [0.3, 0.4) is 0 Å². The zero-order chi connectivity index (χ0) is 12.6. The predicted molar refractivity (Wildman–Crippen MR) is 75.5 cm³/mol. The molecule has 1 aromatic heterocycles. The van der Waals surface area contributed by atoms with Gasteiger partial charge in [0.15, 0.2) is 0 Å². The molecule has 0 N–H and O–H groups in total. The lowest BCUT2D eigenvalue weighted by atomic mass is 10.1. The number of nitrogens with zero attached hydrogens (tertiary/aromatic N) is 2. The van der Waals surface area contributed by atoms with Crippen LogP contribution in [0.25, 0.3) is 11.0 Å². The first-order valence-corrected chi connectivity index (χ1v) is 6.83. The average molecular weight is 293 g/mol. The largest absolute Gasteiger partial charge is 0.249 e. The van der Waals surface area contributed by atoms with Crippen LogP contribution in [-0.4, -0.2) is 9.97 Å². The van der Waals surface area contributed by atoms with Gasteiger partial charge in [-0.25, -0.2) is 9.97 Å². The molecule has 1 heterocycles. The second-order valence-corrected chi connectivity index (χ2v) is 5.15. The number of hydrogen-bond donors (Lipinski definition) is 0. The summed E-state index contributed by atoms with van der Waals surface area (Å²) in [5.41, 5.74) is 6.76. The summed E-state index contributed by atoms with van der Waals surface area (Å²) in [4.78, 5) is 9.52. The van der Waals surface area contributed by atoms with Gasteiger partial charge < -0.3 is 0 Å². The van der Waals surface area contributed by atoms with Crippen molar-refractivity contribution in [3.63, 3.8) is 0 Å². The van der Waals surface area contributed by atoms with Crippen LogP contribution in [0.15, 0.2) is 10.5 Å². The third-order valence-corrected chi connectivity index (χ3v) is 4.11. The van der Waals surface area contributed by atoms with E-state index in [9.17, 15) is 0 Å². The number of rotatable bonds is 2. The van der Waals surface area contributed by atoms with Crippen LogP contribution in [0.4, 0.5) is 0 Å². The molecule has 0 saturated carbocycles. The van der Waals surface area contributed by atoms with Crippen molar-refractivity contribution in [2.45, 2.75) is 40.5 Å². The molecule has 17 heavy (non-hydrogen) atoms. The molecular weight excluding hydrogens is 276 g/mol. The lowest BCUT2D eigenvalue weighted by molar-refractivity contribution is 0.928. The molecule has 0 atom stereocenters. The van der Waals surface area contributed by atoms with E-state index in [0.29, 0.717) is 0 Å². The first-order chi connectivity index (χ1) is 8.08. The molecule has 2 nitrogen and oxygen atoms in total. The van der Waals surface area contributed by atoms with Crippen molar-refractivity contribution >= 4 is 27.0 Å². The molecule has 2 rings (SSSR count). The molecule has 90 valence electrons. The monoisotopic (exact) mass is 292 g/mol. The van der Waals surface area contributed by atoms with Crippen molar-refractivity contribution in [1.29, 1.82) is 0 Å². The van der Waals surface area contributed by atoms with Crippen LogP contribution in [0.1, 0.15) is 36.4 Å². The Morgan fingerprint density at radius 1 is 1.00 bits per heavy atom. The highest BCUT2D eigenvalue weighted by Gasteiger charge is 2.11. The van der Waals surface area contributed by atoms with Gasteiger partial charge in [0.1, 0.15) is 0 Å². The summed E-state index contributed by atoms with van der Waals surface area (Å²) in [7, 11) is 0. The number of aryl methyl sites for hydroxylation is 3. The van der Waals surface area contributed by atoms with Gasteiger partial charge in [-0.3, -0.25) is 0 Å². The summed E-state index contributed by atoms with van der Waals surface area (Å²) >= 11 is 3.58. The Kier molecular flexibility index (Phi) is 3.48. The molecule has 0 aliphatic carbocycles. The van der Waals surface area contributed by atoms with E-state index in [2.05, 4.69) is 49.7 Å². The van der Waals surface area contributed by atoms with Gasteiger partial charge in [-0.15, -0.1) is 0 Å². The fourth-order valence-corrected chi connectivity index (χ4v) is 2.56. The Morgan fingerprint density at radius 3 is 2.18 bits per heavy atom. The molecule has 0 spiro atoms. The zero-order valence-electron chi connectivity index (χ0n) is 10.8. The predicted octanol–water partition coefficient (Wildman–Crippen LogP) is 4.13. The second kappa shape index (κ2) is 4.73. The van der Waals surface area contributed by atoms with Gasteiger partial charge in [0.25, 0.3) is 0 Å². The number of hydrogen-bond acceptors (Lipinski definition) is 2. The van der Waals surface area contributed by atoms with Gasteiger partial charge in [0.2, 0.25) is 0 Å². The van der Waals surface area contributed by atoms with Crippen molar-refractivity contribution in [3.8, 4) is 0 Å². The third kappa shape index (κ3) is 2.08. The summed E-state index contributed by atoms with van der Waals surface area (Å²) < 4.78 is 1.11. The molecule has 0 radical (unpaired) electrons. The topological polar surface area (TPSA) is 25.8 Å².